The number of methoxy groups -OCH3 is 2. The van der Waals surface area contributed by atoms with Gasteiger partial charge in [0.1, 0.15) is 23.4 Å². The highest BCUT2D eigenvalue weighted by atomic mass is 16.6. The van der Waals surface area contributed by atoms with Gasteiger partial charge in [-0.15, -0.1) is 0 Å². The number of carbonyl (C=O) groups is 2. The highest BCUT2D eigenvalue weighted by Gasteiger charge is 2.38. The van der Waals surface area contributed by atoms with Crippen LogP contribution in [-0.4, -0.2) is 26.0 Å². The number of benzene rings is 2. The predicted octanol–water partition coefficient (Wildman–Crippen LogP) is 5.56. The standard InChI is InChI=1S/C13H14O4.C10H14O.C2H6/c1-8(14)11-7-12(15)17-13(11)9-3-5-10(16-2)6-4-9;1-3-4-9-5-7-10(11-2)8-6-9;1-2/h3-6,11,13H,7H2,1-2H3;5-8H,3-4H2,1-2H3;1-2H3/t11-,13?;;/m1../s1. The molecule has 30 heavy (non-hydrogen) atoms. The highest BCUT2D eigenvalue weighted by Crippen LogP contribution is 2.36. The van der Waals surface area contributed by atoms with Gasteiger partial charge in [-0.3, -0.25) is 9.59 Å². The third-order valence-electron chi connectivity index (χ3n) is 4.67. The maximum atomic E-state index is 11.4. The molecular weight excluding hydrogens is 380 g/mol. The Balaban J connectivity index is 0.000000300. The van der Waals surface area contributed by atoms with Crippen molar-refractivity contribution in [2.45, 2.75) is 53.1 Å². The summed E-state index contributed by atoms with van der Waals surface area (Å²) in [6.07, 6.45) is 2.08. The summed E-state index contributed by atoms with van der Waals surface area (Å²) in [5.74, 6) is 0.973. The molecule has 0 aromatic heterocycles. The Bertz CT molecular complexity index is 765. The molecule has 0 saturated carbocycles. The van der Waals surface area contributed by atoms with E-state index in [-0.39, 0.29) is 24.1 Å². The van der Waals surface area contributed by atoms with Gasteiger partial charge in [-0.05, 0) is 48.7 Å². The van der Waals surface area contributed by atoms with Crippen LogP contribution < -0.4 is 9.47 Å². The van der Waals surface area contributed by atoms with Gasteiger partial charge in [0.05, 0.1) is 26.6 Å². The summed E-state index contributed by atoms with van der Waals surface area (Å²) in [5, 5.41) is 0. The number of Topliss-reactive ketones (excluding diaryl/α,β-unsaturated/α-hetero) is 1. The molecule has 1 fully saturated rings. The van der Waals surface area contributed by atoms with E-state index in [1.54, 1.807) is 26.4 Å². The Labute approximate surface area is 180 Å². The van der Waals surface area contributed by atoms with E-state index in [2.05, 4.69) is 19.1 Å². The lowest BCUT2D eigenvalue weighted by atomic mass is 9.92. The van der Waals surface area contributed by atoms with Gasteiger partial charge < -0.3 is 14.2 Å². The van der Waals surface area contributed by atoms with Gasteiger partial charge in [0, 0.05) is 0 Å². The van der Waals surface area contributed by atoms with Crippen LogP contribution in [0.5, 0.6) is 11.5 Å². The Morgan fingerprint density at radius 3 is 1.90 bits per heavy atom. The minimum Gasteiger partial charge on any atom is -0.497 e. The first-order valence-corrected chi connectivity index (χ1v) is 10.4. The minimum atomic E-state index is -0.453. The summed E-state index contributed by atoms with van der Waals surface area (Å²) < 4.78 is 15.3. The number of hydrogen-bond acceptors (Lipinski definition) is 5. The summed E-state index contributed by atoms with van der Waals surface area (Å²) in [6, 6.07) is 15.5. The van der Waals surface area contributed by atoms with Crippen molar-refractivity contribution in [3.05, 3.63) is 59.7 Å². The molecule has 5 heteroatoms. The second kappa shape index (κ2) is 13.4. The average molecular weight is 415 g/mol. The van der Waals surface area contributed by atoms with Crippen molar-refractivity contribution in [1.82, 2.24) is 0 Å². The molecule has 1 unspecified atom stereocenters. The molecule has 1 heterocycles. The van der Waals surface area contributed by atoms with Crippen LogP contribution in [0.2, 0.25) is 0 Å². The van der Waals surface area contributed by atoms with Gasteiger partial charge in [0.2, 0.25) is 0 Å². The number of ketones is 1. The van der Waals surface area contributed by atoms with Crippen molar-refractivity contribution in [2.75, 3.05) is 14.2 Å². The van der Waals surface area contributed by atoms with E-state index in [4.69, 9.17) is 14.2 Å². The van der Waals surface area contributed by atoms with E-state index in [0.717, 1.165) is 23.5 Å². The van der Waals surface area contributed by atoms with Crippen molar-refractivity contribution in [3.63, 3.8) is 0 Å². The predicted molar refractivity (Wildman–Crippen MR) is 119 cm³/mol. The largest absolute Gasteiger partial charge is 0.497 e. The number of ether oxygens (including phenoxy) is 3. The third-order valence-corrected chi connectivity index (χ3v) is 4.67. The Kier molecular flexibility index (Phi) is 11.3. The zero-order valence-electron chi connectivity index (χ0n) is 18.9. The smallest absolute Gasteiger partial charge is 0.307 e. The lowest BCUT2D eigenvalue weighted by Crippen LogP contribution is -2.15. The summed E-state index contributed by atoms with van der Waals surface area (Å²) in [5.41, 5.74) is 2.21. The second-order valence-corrected chi connectivity index (χ2v) is 6.70. The van der Waals surface area contributed by atoms with Crippen LogP contribution in [0, 0.1) is 5.92 Å². The monoisotopic (exact) mass is 414 g/mol. The van der Waals surface area contributed by atoms with E-state index >= 15 is 0 Å². The van der Waals surface area contributed by atoms with Gasteiger partial charge in [-0.1, -0.05) is 51.5 Å². The van der Waals surface area contributed by atoms with E-state index in [0.29, 0.717) is 0 Å². The maximum absolute atomic E-state index is 11.4. The molecule has 0 spiro atoms. The van der Waals surface area contributed by atoms with Crippen LogP contribution >= 0.6 is 0 Å². The molecule has 0 N–H and O–H groups in total. The number of carbonyl (C=O) groups excluding carboxylic acids is 2. The van der Waals surface area contributed by atoms with Crippen LogP contribution in [0.3, 0.4) is 0 Å². The Morgan fingerprint density at radius 2 is 1.47 bits per heavy atom. The van der Waals surface area contributed by atoms with E-state index in [1.165, 1.54) is 18.9 Å². The Hall–Kier alpha value is -2.82. The number of aryl methyl sites for hydroxylation is 1. The molecule has 2 atom stereocenters. The number of esters is 1. The lowest BCUT2D eigenvalue weighted by Gasteiger charge is -2.15. The zero-order valence-corrected chi connectivity index (χ0v) is 18.9. The number of hydrogen-bond donors (Lipinski definition) is 0. The first-order chi connectivity index (χ1) is 14.5. The molecule has 164 valence electrons. The van der Waals surface area contributed by atoms with Gasteiger partial charge in [-0.25, -0.2) is 0 Å². The fraction of sp³-hybridized carbons (Fsp3) is 0.440. The van der Waals surface area contributed by atoms with Gasteiger partial charge in [0.15, 0.2) is 0 Å². The Morgan fingerprint density at radius 1 is 0.967 bits per heavy atom. The molecule has 0 radical (unpaired) electrons. The van der Waals surface area contributed by atoms with Crippen LogP contribution in [0.4, 0.5) is 0 Å². The molecule has 2 aromatic carbocycles. The van der Waals surface area contributed by atoms with Crippen molar-refractivity contribution < 1.29 is 23.8 Å². The molecule has 5 nitrogen and oxygen atoms in total. The normalized spacial score (nSPS) is 16.9. The fourth-order valence-electron chi connectivity index (χ4n) is 3.09. The quantitative estimate of drug-likeness (QED) is 0.579. The number of cyclic esters (lactones) is 1. The van der Waals surface area contributed by atoms with Crippen LogP contribution in [-0.2, 0) is 20.7 Å². The molecule has 0 bridgehead atoms. The lowest BCUT2D eigenvalue weighted by molar-refractivity contribution is -0.141. The van der Waals surface area contributed by atoms with Crippen LogP contribution in [0.25, 0.3) is 0 Å². The molecule has 0 amide bonds. The van der Waals surface area contributed by atoms with Crippen molar-refractivity contribution in [1.29, 1.82) is 0 Å². The molecule has 1 saturated heterocycles. The zero-order chi connectivity index (χ0) is 22.5. The molecule has 1 aliphatic rings. The molecular formula is C25H34O5. The van der Waals surface area contributed by atoms with E-state index in [9.17, 15) is 9.59 Å². The first-order valence-electron chi connectivity index (χ1n) is 10.4. The minimum absolute atomic E-state index is 0.0170. The molecule has 0 aliphatic carbocycles. The molecule has 3 rings (SSSR count). The second-order valence-electron chi connectivity index (χ2n) is 6.70. The summed E-state index contributed by atoms with van der Waals surface area (Å²) in [6.45, 7) is 7.67. The summed E-state index contributed by atoms with van der Waals surface area (Å²) >= 11 is 0. The van der Waals surface area contributed by atoms with Gasteiger partial charge in [0.25, 0.3) is 0 Å². The highest BCUT2D eigenvalue weighted by molar-refractivity contribution is 5.86. The SMILES string of the molecule is CC.CCCc1ccc(OC)cc1.COc1ccc(C2OC(=O)C[C@@H]2C(C)=O)cc1. The van der Waals surface area contributed by atoms with Gasteiger partial charge >= 0.3 is 5.97 Å². The summed E-state index contributed by atoms with van der Waals surface area (Å²) in [7, 11) is 3.28. The maximum Gasteiger partial charge on any atom is 0.307 e. The third kappa shape index (κ3) is 7.54. The van der Waals surface area contributed by atoms with Crippen molar-refractivity contribution >= 4 is 11.8 Å². The summed E-state index contributed by atoms with van der Waals surface area (Å²) in [4.78, 5) is 22.7. The van der Waals surface area contributed by atoms with E-state index in [1.807, 2.05) is 38.1 Å². The van der Waals surface area contributed by atoms with Crippen molar-refractivity contribution in [3.8, 4) is 11.5 Å². The average Bonchev–Trinajstić information content (AvgIpc) is 3.18. The fourth-order valence-corrected chi connectivity index (χ4v) is 3.09. The van der Waals surface area contributed by atoms with Crippen molar-refractivity contribution in [2.24, 2.45) is 5.92 Å². The number of rotatable bonds is 6. The molecule has 1 aliphatic heterocycles. The van der Waals surface area contributed by atoms with Crippen LogP contribution in [0.1, 0.15) is 57.8 Å². The molecule has 2 aromatic rings. The van der Waals surface area contributed by atoms with E-state index < -0.39 is 6.10 Å². The van der Waals surface area contributed by atoms with Crippen LogP contribution in [0.15, 0.2) is 48.5 Å². The van der Waals surface area contributed by atoms with Gasteiger partial charge in [-0.2, -0.15) is 0 Å². The topological polar surface area (TPSA) is 61.8 Å². The first kappa shape index (κ1) is 25.2.